The molecule has 0 saturated carbocycles. The number of rotatable bonds is 10. The van der Waals surface area contributed by atoms with Crippen LogP contribution in [0.5, 0.6) is 5.75 Å². The number of hydrogen-bond acceptors (Lipinski definition) is 5. The van der Waals surface area contributed by atoms with Crippen molar-refractivity contribution in [1.82, 2.24) is 0 Å². The lowest BCUT2D eigenvalue weighted by atomic mass is 9.73. The third-order valence-corrected chi connectivity index (χ3v) is 6.79. The molecule has 0 aliphatic rings. The summed E-state index contributed by atoms with van der Waals surface area (Å²) in [5.74, 6) is 0.0364. The van der Waals surface area contributed by atoms with Crippen molar-refractivity contribution >= 4 is 17.1 Å². The van der Waals surface area contributed by atoms with Crippen molar-refractivity contribution in [3.8, 4) is 5.75 Å². The van der Waals surface area contributed by atoms with Crippen molar-refractivity contribution in [3.63, 3.8) is 0 Å². The van der Waals surface area contributed by atoms with Gasteiger partial charge in [-0.1, -0.05) is 102 Å². The Hall–Kier alpha value is -3.54. The first-order chi connectivity index (χ1) is 16.6. The highest BCUT2D eigenvalue weighted by Crippen LogP contribution is 2.45. The Morgan fingerprint density at radius 2 is 1.49 bits per heavy atom. The van der Waals surface area contributed by atoms with Crippen molar-refractivity contribution < 1.29 is 10.0 Å². The fourth-order valence-electron chi connectivity index (χ4n) is 4.34. The Balaban J connectivity index is 2.16. The maximum atomic E-state index is 11.4. The number of phenolic OH excluding ortho intramolecular Hbond substituents is 1. The van der Waals surface area contributed by atoms with Crippen LogP contribution in [0.1, 0.15) is 77.0 Å². The molecule has 0 spiro atoms. The molecule has 6 nitrogen and oxygen atoms in total. The average molecular weight is 474 g/mol. The van der Waals surface area contributed by atoms with Crippen LogP contribution in [0.4, 0.5) is 17.1 Å². The maximum Gasteiger partial charge on any atom is 0.296 e. The van der Waals surface area contributed by atoms with Gasteiger partial charge in [-0.2, -0.15) is 0 Å². The summed E-state index contributed by atoms with van der Waals surface area (Å²) in [4.78, 5) is 10.9. The lowest BCUT2D eigenvalue weighted by Crippen LogP contribution is -2.22. The van der Waals surface area contributed by atoms with Crippen LogP contribution in [0.3, 0.4) is 0 Å². The second-order valence-corrected chi connectivity index (χ2v) is 10.2. The number of azo groups is 1. The SMILES string of the molecule is CCCCCC(C)(C)c1cc(N=Nc2ccccc2[N+](=O)[O-])c(O)c(C(C)(C)c2ccccc2)c1. The summed E-state index contributed by atoms with van der Waals surface area (Å²) in [5, 5.41) is 31.3. The number of nitrogens with zero attached hydrogens (tertiary/aromatic N) is 3. The summed E-state index contributed by atoms with van der Waals surface area (Å²) in [6.07, 6.45) is 4.41. The van der Waals surface area contributed by atoms with Crippen LogP contribution < -0.4 is 0 Å². The monoisotopic (exact) mass is 473 g/mol. The first-order valence-electron chi connectivity index (χ1n) is 12.2. The minimum Gasteiger partial charge on any atom is -0.505 e. The van der Waals surface area contributed by atoms with Gasteiger partial charge in [0, 0.05) is 17.0 Å². The van der Waals surface area contributed by atoms with E-state index in [4.69, 9.17) is 0 Å². The van der Waals surface area contributed by atoms with Gasteiger partial charge < -0.3 is 5.11 Å². The lowest BCUT2D eigenvalue weighted by molar-refractivity contribution is -0.384. The van der Waals surface area contributed by atoms with Gasteiger partial charge in [-0.05, 0) is 35.1 Å². The van der Waals surface area contributed by atoms with Crippen LogP contribution in [-0.4, -0.2) is 10.0 Å². The molecule has 0 radical (unpaired) electrons. The molecule has 0 aromatic heterocycles. The van der Waals surface area contributed by atoms with E-state index in [9.17, 15) is 15.2 Å². The largest absolute Gasteiger partial charge is 0.505 e. The molecule has 35 heavy (non-hydrogen) atoms. The van der Waals surface area contributed by atoms with Crippen molar-refractivity contribution in [3.05, 3.63) is 93.5 Å². The fraction of sp³-hybridized carbons (Fsp3) is 0.379. The van der Waals surface area contributed by atoms with Gasteiger partial charge in [-0.3, -0.25) is 10.1 Å². The minimum atomic E-state index is -0.496. The van der Waals surface area contributed by atoms with Crippen LogP contribution in [-0.2, 0) is 10.8 Å². The Kier molecular flexibility index (Phi) is 8.05. The van der Waals surface area contributed by atoms with Crippen molar-refractivity contribution in [2.45, 2.75) is 71.1 Å². The summed E-state index contributed by atoms with van der Waals surface area (Å²) >= 11 is 0. The summed E-state index contributed by atoms with van der Waals surface area (Å²) < 4.78 is 0. The summed E-state index contributed by atoms with van der Waals surface area (Å²) in [5.41, 5.74) is 2.56. The van der Waals surface area contributed by atoms with E-state index in [1.165, 1.54) is 6.07 Å². The smallest absolute Gasteiger partial charge is 0.296 e. The van der Waals surface area contributed by atoms with Gasteiger partial charge in [0.15, 0.2) is 5.69 Å². The molecule has 0 aliphatic carbocycles. The fourth-order valence-corrected chi connectivity index (χ4v) is 4.34. The molecule has 184 valence electrons. The Bertz CT molecular complexity index is 1200. The standard InChI is InChI=1S/C29H35N3O3/c1-6-7-13-18-28(2,3)22-19-23(29(4,5)21-14-9-8-10-15-21)27(33)25(20-22)31-30-24-16-11-12-17-26(24)32(34)35/h8-12,14-17,19-20,33H,6-7,13,18H2,1-5H3. The number of para-hydroxylation sites is 1. The topological polar surface area (TPSA) is 88.1 Å². The molecule has 3 rings (SSSR count). The zero-order valence-corrected chi connectivity index (χ0v) is 21.3. The Labute approximate surface area is 207 Å². The summed E-state index contributed by atoms with van der Waals surface area (Å²) in [6.45, 7) is 10.8. The minimum absolute atomic E-state index is 0.0364. The molecule has 0 bridgehead atoms. The molecular weight excluding hydrogens is 438 g/mol. The van der Waals surface area contributed by atoms with Gasteiger partial charge in [0.05, 0.1) is 4.92 Å². The molecule has 0 atom stereocenters. The van der Waals surface area contributed by atoms with Gasteiger partial charge in [0.25, 0.3) is 5.69 Å². The van der Waals surface area contributed by atoms with Gasteiger partial charge in [-0.25, -0.2) is 0 Å². The van der Waals surface area contributed by atoms with Crippen molar-refractivity contribution in [2.75, 3.05) is 0 Å². The predicted molar refractivity (Wildman–Crippen MR) is 141 cm³/mol. The highest BCUT2D eigenvalue weighted by atomic mass is 16.6. The van der Waals surface area contributed by atoms with Crippen LogP contribution in [0.15, 0.2) is 77.0 Å². The molecule has 0 fully saturated rings. The van der Waals surface area contributed by atoms with Crippen molar-refractivity contribution in [1.29, 1.82) is 0 Å². The number of benzene rings is 3. The first-order valence-corrected chi connectivity index (χ1v) is 12.2. The van der Waals surface area contributed by atoms with E-state index in [2.05, 4.69) is 50.9 Å². The summed E-state index contributed by atoms with van der Waals surface area (Å²) in [6, 6.07) is 20.2. The number of phenols is 1. The second-order valence-electron chi connectivity index (χ2n) is 10.2. The average Bonchev–Trinajstić information content (AvgIpc) is 2.84. The highest BCUT2D eigenvalue weighted by molar-refractivity contribution is 5.63. The molecule has 0 heterocycles. The maximum absolute atomic E-state index is 11.4. The van der Waals surface area contributed by atoms with Crippen LogP contribution in [0.25, 0.3) is 0 Å². The Morgan fingerprint density at radius 3 is 2.14 bits per heavy atom. The number of nitro groups is 1. The molecule has 0 unspecified atom stereocenters. The van der Waals surface area contributed by atoms with E-state index < -0.39 is 10.3 Å². The number of unbranched alkanes of at least 4 members (excludes halogenated alkanes) is 2. The van der Waals surface area contributed by atoms with E-state index in [-0.39, 0.29) is 22.5 Å². The third-order valence-electron chi connectivity index (χ3n) is 6.79. The lowest BCUT2D eigenvalue weighted by Gasteiger charge is -2.31. The van der Waals surface area contributed by atoms with Crippen LogP contribution in [0, 0.1) is 10.1 Å². The molecule has 0 amide bonds. The molecule has 0 saturated heterocycles. The van der Waals surface area contributed by atoms with E-state index in [1.807, 2.05) is 36.4 Å². The summed E-state index contributed by atoms with van der Waals surface area (Å²) in [7, 11) is 0. The second kappa shape index (κ2) is 10.8. The van der Waals surface area contributed by atoms with Gasteiger partial charge in [0.1, 0.15) is 11.4 Å². The highest BCUT2D eigenvalue weighted by Gasteiger charge is 2.31. The number of aromatic hydroxyl groups is 1. The van der Waals surface area contributed by atoms with Crippen LogP contribution >= 0.6 is 0 Å². The number of nitro benzene ring substituents is 1. The normalized spacial score (nSPS) is 12.3. The van der Waals surface area contributed by atoms with E-state index in [0.29, 0.717) is 5.69 Å². The van der Waals surface area contributed by atoms with E-state index in [1.54, 1.807) is 18.2 Å². The van der Waals surface area contributed by atoms with Crippen molar-refractivity contribution in [2.24, 2.45) is 10.2 Å². The molecule has 3 aromatic rings. The number of hydrogen-bond donors (Lipinski definition) is 1. The molecule has 3 aromatic carbocycles. The molecule has 0 aliphatic heterocycles. The molecule has 6 heteroatoms. The van der Waals surface area contributed by atoms with Gasteiger partial charge in [0.2, 0.25) is 0 Å². The third kappa shape index (κ3) is 5.94. The first kappa shape index (κ1) is 26.1. The van der Waals surface area contributed by atoms with E-state index >= 15 is 0 Å². The molecule has 1 N–H and O–H groups in total. The quantitative estimate of drug-likeness (QED) is 0.138. The predicted octanol–water partition coefficient (Wildman–Crippen LogP) is 8.90. The van der Waals surface area contributed by atoms with E-state index in [0.717, 1.165) is 42.4 Å². The van der Waals surface area contributed by atoms with Gasteiger partial charge >= 0.3 is 0 Å². The van der Waals surface area contributed by atoms with Gasteiger partial charge in [-0.15, -0.1) is 10.2 Å². The van der Waals surface area contributed by atoms with Crippen LogP contribution in [0.2, 0.25) is 0 Å². The molecular formula is C29H35N3O3. The Morgan fingerprint density at radius 1 is 0.857 bits per heavy atom. The zero-order chi connectivity index (χ0) is 25.6. The zero-order valence-electron chi connectivity index (χ0n) is 21.3.